The summed E-state index contributed by atoms with van der Waals surface area (Å²) >= 11 is 0. The molecular formula is C17H29NO. The summed E-state index contributed by atoms with van der Waals surface area (Å²) in [6, 6.07) is 9.03. The maximum Gasteiger partial charge on any atom is 0.119 e. The Labute approximate surface area is 118 Å². The van der Waals surface area contributed by atoms with Crippen LogP contribution in [0.5, 0.6) is 5.75 Å². The second kappa shape index (κ2) is 8.98. The Morgan fingerprint density at radius 2 is 1.74 bits per heavy atom. The molecule has 2 unspecified atom stereocenters. The van der Waals surface area contributed by atoms with E-state index in [0.717, 1.165) is 25.1 Å². The molecule has 0 bridgehead atoms. The predicted octanol–water partition coefficient (Wildman–Crippen LogP) is 4.18. The SMILES string of the molecule is CCCNC(C)CC(C)Oc1ccc(CCC)cc1. The summed E-state index contributed by atoms with van der Waals surface area (Å²) in [5.41, 5.74) is 1.39. The molecule has 1 aromatic rings. The molecule has 0 saturated carbocycles. The van der Waals surface area contributed by atoms with Crippen molar-refractivity contribution in [2.24, 2.45) is 0 Å². The van der Waals surface area contributed by atoms with Crippen molar-refractivity contribution in [3.8, 4) is 5.75 Å². The fraction of sp³-hybridized carbons (Fsp3) is 0.647. The molecule has 0 fully saturated rings. The van der Waals surface area contributed by atoms with Gasteiger partial charge in [0.05, 0.1) is 6.10 Å². The van der Waals surface area contributed by atoms with Crippen molar-refractivity contribution < 1.29 is 4.74 Å². The van der Waals surface area contributed by atoms with Crippen LogP contribution in [0.2, 0.25) is 0 Å². The molecule has 19 heavy (non-hydrogen) atoms. The molecule has 0 saturated heterocycles. The molecule has 1 aromatic carbocycles. The molecular weight excluding hydrogens is 234 g/mol. The molecule has 2 nitrogen and oxygen atoms in total. The van der Waals surface area contributed by atoms with E-state index < -0.39 is 0 Å². The number of rotatable bonds is 9. The molecule has 1 N–H and O–H groups in total. The first-order valence-corrected chi connectivity index (χ1v) is 7.64. The summed E-state index contributed by atoms with van der Waals surface area (Å²) in [4.78, 5) is 0. The Bertz CT molecular complexity index is 334. The predicted molar refractivity (Wildman–Crippen MR) is 82.9 cm³/mol. The Balaban J connectivity index is 2.36. The van der Waals surface area contributed by atoms with Crippen LogP contribution in [0.1, 0.15) is 52.5 Å². The van der Waals surface area contributed by atoms with E-state index in [4.69, 9.17) is 4.74 Å². The van der Waals surface area contributed by atoms with Crippen molar-refractivity contribution in [3.05, 3.63) is 29.8 Å². The van der Waals surface area contributed by atoms with Gasteiger partial charge in [-0.15, -0.1) is 0 Å². The Kier molecular flexibility index (Phi) is 7.57. The minimum atomic E-state index is 0.247. The lowest BCUT2D eigenvalue weighted by Crippen LogP contribution is -2.31. The topological polar surface area (TPSA) is 21.3 Å². The highest BCUT2D eigenvalue weighted by Crippen LogP contribution is 2.16. The van der Waals surface area contributed by atoms with Crippen LogP contribution in [0.25, 0.3) is 0 Å². The molecule has 0 spiro atoms. The number of nitrogens with one attached hydrogen (secondary N) is 1. The van der Waals surface area contributed by atoms with Crippen molar-refractivity contribution in [2.75, 3.05) is 6.54 Å². The highest BCUT2D eigenvalue weighted by molar-refractivity contribution is 5.27. The quantitative estimate of drug-likeness (QED) is 0.721. The van der Waals surface area contributed by atoms with Crippen LogP contribution in [0.4, 0.5) is 0 Å². The zero-order valence-electron chi connectivity index (χ0n) is 12.9. The molecule has 0 amide bonds. The maximum atomic E-state index is 5.96. The summed E-state index contributed by atoms with van der Waals surface area (Å²) in [6.45, 7) is 9.85. The van der Waals surface area contributed by atoms with Crippen LogP contribution >= 0.6 is 0 Å². The van der Waals surface area contributed by atoms with Gasteiger partial charge in [0.2, 0.25) is 0 Å². The Morgan fingerprint density at radius 1 is 1.05 bits per heavy atom. The average Bonchev–Trinajstić information content (AvgIpc) is 2.39. The Morgan fingerprint density at radius 3 is 2.32 bits per heavy atom. The van der Waals surface area contributed by atoms with Crippen LogP contribution in [0.15, 0.2) is 24.3 Å². The maximum absolute atomic E-state index is 5.96. The molecule has 2 atom stereocenters. The van der Waals surface area contributed by atoms with E-state index >= 15 is 0 Å². The van der Waals surface area contributed by atoms with Gasteiger partial charge in [-0.05, 0) is 57.4 Å². The fourth-order valence-corrected chi connectivity index (χ4v) is 2.28. The third-order valence-electron chi connectivity index (χ3n) is 3.23. The highest BCUT2D eigenvalue weighted by Gasteiger charge is 2.09. The first-order chi connectivity index (χ1) is 9.15. The standard InChI is InChI=1S/C17H29NO/c1-5-7-16-8-10-17(11-9-16)19-15(4)13-14(3)18-12-6-2/h8-11,14-15,18H,5-7,12-13H2,1-4H3. The number of ether oxygens (including phenoxy) is 1. The summed E-state index contributed by atoms with van der Waals surface area (Å²) in [6.07, 6.45) is 4.80. The molecule has 108 valence electrons. The third kappa shape index (κ3) is 6.63. The monoisotopic (exact) mass is 263 g/mol. The van der Waals surface area contributed by atoms with E-state index in [1.54, 1.807) is 0 Å². The van der Waals surface area contributed by atoms with Crippen molar-refractivity contribution in [1.82, 2.24) is 5.32 Å². The van der Waals surface area contributed by atoms with E-state index in [9.17, 15) is 0 Å². The highest BCUT2D eigenvalue weighted by atomic mass is 16.5. The summed E-state index contributed by atoms with van der Waals surface area (Å²) in [5.74, 6) is 0.982. The third-order valence-corrected chi connectivity index (χ3v) is 3.23. The Hall–Kier alpha value is -1.02. The van der Waals surface area contributed by atoms with Crippen molar-refractivity contribution in [1.29, 1.82) is 0 Å². The van der Waals surface area contributed by atoms with Crippen LogP contribution in [-0.2, 0) is 6.42 Å². The molecule has 2 heteroatoms. The van der Waals surface area contributed by atoms with Gasteiger partial charge in [0, 0.05) is 6.04 Å². The fourth-order valence-electron chi connectivity index (χ4n) is 2.28. The zero-order chi connectivity index (χ0) is 14.1. The van der Waals surface area contributed by atoms with Crippen LogP contribution in [-0.4, -0.2) is 18.7 Å². The summed E-state index contributed by atoms with van der Waals surface area (Å²) in [5, 5.41) is 3.49. The first kappa shape index (κ1) is 16.0. The molecule has 0 radical (unpaired) electrons. The molecule has 0 heterocycles. The zero-order valence-corrected chi connectivity index (χ0v) is 12.9. The molecule has 0 aromatic heterocycles. The second-order valence-electron chi connectivity index (χ2n) is 5.41. The van der Waals surface area contributed by atoms with Gasteiger partial charge in [-0.3, -0.25) is 0 Å². The van der Waals surface area contributed by atoms with E-state index in [1.165, 1.54) is 18.4 Å². The van der Waals surface area contributed by atoms with Gasteiger partial charge < -0.3 is 10.1 Å². The summed E-state index contributed by atoms with van der Waals surface area (Å²) in [7, 11) is 0. The number of hydrogen-bond donors (Lipinski definition) is 1. The molecule has 1 rings (SSSR count). The van der Waals surface area contributed by atoms with E-state index in [2.05, 4.69) is 57.3 Å². The molecule has 0 aliphatic rings. The van der Waals surface area contributed by atoms with Gasteiger partial charge in [-0.25, -0.2) is 0 Å². The van der Waals surface area contributed by atoms with Crippen LogP contribution in [0.3, 0.4) is 0 Å². The lowest BCUT2D eigenvalue weighted by molar-refractivity contribution is 0.196. The first-order valence-electron chi connectivity index (χ1n) is 7.64. The van der Waals surface area contributed by atoms with E-state index in [-0.39, 0.29) is 6.10 Å². The van der Waals surface area contributed by atoms with Gasteiger partial charge in [-0.2, -0.15) is 0 Å². The van der Waals surface area contributed by atoms with Gasteiger partial charge >= 0.3 is 0 Å². The van der Waals surface area contributed by atoms with E-state index in [1.807, 2.05) is 0 Å². The van der Waals surface area contributed by atoms with Crippen molar-refractivity contribution in [2.45, 2.75) is 65.5 Å². The summed E-state index contributed by atoms with van der Waals surface area (Å²) < 4.78 is 5.96. The number of benzene rings is 1. The van der Waals surface area contributed by atoms with Gasteiger partial charge in [0.1, 0.15) is 5.75 Å². The van der Waals surface area contributed by atoms with Crippen molar-refractivity contribution >= 4 is 0 Å². The molecule has 0 aliphatic carbocycles. The minimum Gasteiger partial charge on any atom is -0.491 e. The lowest BCUT2D eigenvalue weighted by Gasteiger charge is -2.20. The van der Waals surface area contributed by atoms with Gasteiger partial charge in [-0.1, -0.05) is 32.4 Å². The lowest BCUT2D eigenvalue weighted by atomic mass is 10.1. The molecule has 0 aliphatic heterocycles. The van der Waals surface area contributed by atoms with Crippen LogP contribution < -0.4 is 10.1 Å². The van der Waals surface area contributed by atoms with Crippen LogP contribution in [0, 0.1) is 0 Å². The van der Waals surface area contributed by atoms with Crippen molar-refractivity contribution in [3.63, 3.8) is 0 Å². The smallest absolute Gasteiger partial charge is 0.119 e. The van der Waals surface area contributed by atoms with Gasteiger partial charge in [0.15, 0.2) is 0 Å². The minimum absolute atomic E-state index is 0.247. The normalized spacial score (nSPS) is 14.1. The number of hydrogen-bond acceptors (Lipinski definition) is 2. The largest absolute Gasteiger partial charge is 0.491 e. The van der Waals surface area contributed by atoms with E-state index in [0.29, 0.717) is 6.04 Å². The average molecular weight is 263 g/mol. The van der Waals surface area contributed by atoms with Gasteiger partial charge in [0.25, 0.3) is 0 Å². The number of aryl methyl sites for hydroxylation is 1. The second-order valence-corrected chi connectivity index (χ2v) is 5.41.